The Hall–Kier alpha value is -0.160. The SMILES string of the molecule is CC(C)(O)[C@@H]1CC[C@@]2(C)CO[C@]3(C)C[C@@H](O)O[C@]23C1. The highest BCUT2D eigenvalue weighted by Gasteiger charge is 2.72. The molecule has 2 aliphatic heterocycles. The van der Waals surface area contributed by atoms with Crippen LogP contribution in [-0.2, 0) is 9.47 Å². The molecule has 19 heavy (non-hydrogen) atoms. The van der Waals surface area contributed by atoms with Crippen molar-refractivity contribution in [2.75, 3.05) is 6.61 Å². The van der Waals surface area contributed by atoms with Crippen LogP contribution >= 0.6 is 0 Å². The van der Waals surface area contributed by atoms with Gasteiger partial charge in [-0.25, -0.2) is 0 Å². The lowest BCUT2D eigenvalue weighted by Gasteiger charge is -2.52. The standard InChI is InChI=1S/C15H26O4/c1-12(2,17)10-5-6-13(3)9-18-14(4)8-11(16)19-15(13,14)7-10/h10-11,16-17H,5-9H2,1-4H3/t10-,11+,13+,14-,15-/m1/s1. The number of ether oxygens (including phenoxy) is 2. The summed E-state index contributed by atoms with van der Waals surface area (Å²) in [7, 11) is 0. The molecule has 3 fully saturated rings. The zero-order chi connectivity index (χ0) is 14.1. The maximum Gasteiger partial charge on any atom is 0.158 e. The molecule has 1 saturated carbocycles. The summed E-state index contributed by atoms with van der Waals surface area (Å²) >= 11 is 0. The van der Waals surface area contributed by atoms with Gasteiger partial charge >= 0.3 is 0 Å². The largest absolute Gasteiger partial charge is 0.390 e. The predicted octanol–water partition coefficient (Wildman–Crippen LogP) is 1.83. The smallest absolute Gasteiger partial charge is 0.158 e. The van der Waals surface area contributed by atoms with Gasteiger partial charge in [-0.15, -0.1) is 0 Å². The van der Waals surface area contributed by atoms with Gasteiger partial charge in [0.25, 0.3) is 0 Å². The van der Waals surface area contributed by atoms with Gasteiger partial charge in [-0.2, -0.15) is 0 Å². The zero-order valence-electron chi connectivity index (χ0n) is 12.4. The van der Waals surface area contributed by atoms with E-state index < -0.39 is 23.1 Å². The molecule has 4 heteroatoms. The van der Waals surface area contributed by atoms with Crippen molar-refractivity contribution in [3.63, 3.8) is 0 Å². The van der Waals surface area contributed by atoms with Crippen LogP contribution in [0.2, 0.25) is 0 Å². The van der Waals surface area contributed by atoms with Crippen LogP contribution in [0.15, 0.2) is 0 Å². The summed E-state index contributed by atoms with van der Waals surface area (Å²) in [5, 5.41) is 20.3. The summed E-state index contributed by atoms with van der Waals surface area (Å²) in [4.78, 5) is 0. The van der Waals surface area contributed by atoms with E-state index in [-0.39, 0.29) is 11.3 Å². The molecule has 2 N–H and O–H groups in total. The molecular formula is C15H26O4. The third-order valence-corrected chi connectivity index (χ3v) is 6.02. The predicted molar refractivity (Wildman–Crippen MR) is 70.5 cm³/mol. The zero-order valence-corrected chi connectivity index (χ0v) is 12.4. The second kappa shape index (κ2) is 3.73. The Morgan fingerprint density at radius 1 is 1.21 bits per heavy atom. The van der Waals surface area contributed by atoms with Crippen molar-refractivity contribution in [3.05, 3.63) is 0 Å². The van der Waals surface area contributed by atoms with Gasteiger partial charge in [-0.05, 0) is 46.0 Å². The summed E-state index contributed by atoms with van der Waals surface area (Å²) < 4.78 is 12.1. The van der Waals surface area contributed by atoms with Crippen molar-refractivity contribution in [3.8, 4) is 0 Å². The second-order valence-corrected chi connectivity index (χ2v) is 7.78. The lowest BCUT2D eigenvalue weighted by molar-refractivity contribution is -0.214. The van der Waals surface area contributed by atoms with Gasteiger partial charge in [0.1, 0.15) is 5.60 Å². The number of hydrogen-bond acceptors (Lipinski definition) is 4. The molecule has 1 aliphatic carbocycles. The Balaban J connectivity index is 2.00. The van der Waals surface area contributed by atoms with Gasteiger partial charge in [0.2, 0.25) is 0 Å². The summed E-state index contributed by atoms with van der Waals surface area (Å²) in [6, 6.07) is 0. The minimum atomic E-state index is -0.745. The lowest BCUT2D eigenvalue weighted by atomic mass is 9.56. The summed E-state index contributed by atoms with van der Waals surface area (Å²) in [5.74, 6) is 0.187. The highest BCUT2D eigenvalue weighted by Crippen LogP contribution is 2.64. The third-order valence-electron chi connectivity index (χ3n) is 6.02. The van der Waals surface area contributed by atoms with Crippen LogP contribution in [0.25, 0.3) is 0 Å². The highest BCUT2D eigenvalue weighted by molar-refractivity contribution is 5.20. The first-order chi connectivity index (χ1) is 8.62. The van der Waals surface area contributed by atoms with Crippen molar-refractivity contribution in [1.29, 1.82) is 0 Å². The van der Waals surface area contributed by atoms with Gasteiger partial charge in [0.05, 0.1) is 17.8 Å². The number of aliphatic hydroxyl groups is 2. The fourth-order valence-corrected chi connectivity index (χ4v) is 4.62. The maximum absolute atomic E-state index is 10.4. The molecule has 3 rings (SSSR count). The number of hydrogen-bond donors (Lipinski definition) is 2. The Morgan fingerprint density at radius 3 is 2.53 bits per heavy atom. The first-order valence-corrected chi connectivity index (χ1v) is 7.34. The minimum absolute atomic E-state index is 0.0546. The van der Waals surface area contributed by atoms with Crippen LogP contribution in [0.3, 0.4) is 0 Å². The van der Waals surface area contributed by atoms with E-state index in [1.54, 1.807) is 0 Å². The van der Waals surface area contributed by atoms with Crippen LogP contribution in [0.5, 0.6) is 0 Å². The first-order valence-electron chi connectivity index (χ1n) is 7.34. The van der Waals surface area contributed by atoms with Crippen LogP contribution in [-0.4, -0.2) is 39.9 Å². The number of aliphatic hydroxyl groups excluding tert-OH is 1. The summed E-state index contributed by atoms with van der Waals surface area (Å²) in [6.45, 7) is 8.69. The van der Waals surface area contributed by atoms with E-state index in [0.717, 1.165) is 19.3 Å². The van der Waals surface area contributed by atoms with Crippen molar-refractivity contribution >= 4 is 0 Å². The Kier molecular flexibility index (Phi) is 2.71. The van der Waals surface area contributed by atoms with E-state index in [1.165, 1.54) is 0 Å². The fourth-order valence-electron chi connectivity index (χ4n) is 4.62. The topological polar surface area (TPSA) is 58.9 Å². The molecule has 0 aromatic rings. The van der Waals surface area contributed by atoms with Crippen molar-refractivity contribution in [1.82, 2.24) is 0 Å². The first kappa shape index (κ1) is 13.8. The Labute approximate surface area is 115 Å². The monoisotopic (exact) mass is 270 g/mol. The summed E-state index contributed by atoms with van der Waals surface area (Å²) in [6.07, 6.45) is 2.51. The van der Waals surface area contributed by atoms with E-state index in [4.69, 9.17) is 9.47 Å². The second-order valence-electron chi connectivity index (χ2n) is 7.78. The Morgan fingerprint density at radius 2 is 1.89 bits per heavy atom. The molecule has 0 aromatic heterocycles. The van der Waals surface area contributed by atoms with Gasteiger partial charge in [0.15, 0.2) is 6.29 Å². The van der Waals surface area contributed by atoms with Crippen molar-refractivity contribution in [2.24, 2.45) is 11.3 Å². The molecular weight excluding hydrogens is 244 g/mol. The van der Waals surface area contributed by atoms with Gasteiger partial charge in [0, 0.05) is 11.8 Å². The van der Waals surface area contributed by atoms with E-state index >= 15 is 0 Å². The summed E-state index contributed by atoms with van der Waals surface area (Å²) in [5.41, 5.74) is -1.65. The Bertz CT molecular complexity index is 384. The molecule has 3 aliphatic rings. The maximum atomic E-state index is 10.4. The molecule has 2 saturated heterocycles. The van der Waals surface area contributed by atoms with Gasteiger partial charge in [-0.1, -0.05) is 6.92 Å². The molecule has 1 spiro atoms. The van der Waals surface area contributed by atoms with E-state index in [9.17, 15) is 10.2 Å². The van der Waals surface area contributed by atoms with Crippen LogP contribution in [0.1, 0.15) is 53.4 Å². The van der Waals surface area contributed by atoms with E-state index in [1.807, 2.05) is 13.8 Å². The van der Waals surface area contributed by atoms with Crippen LogP contribution in [0.4, 0.5) is 0 Å². The average Bonchev–Trinajstić information content (AvgIpc) is 2.63. The van der Waals surface area contributed by atoms with Gasteiger partial charge < -0.3 is 19.7 Å². The van der Waals surface area contributed by atoms with E-state index in [2.05, 4.69) is 13.8 Å². The molecule has 0 aromatic carbocycles. The third kappa shape index (κ3) is 1.67. The van der Waals surface area contributed by atoms with Crippen molar-refractivity contribution in [2.45, 2.75) is 76.5 Å². The average molecular weight is 270 g/mol. The molecule has 0 amide bonds. The molecule has 0 radical (unpaired) electrons. The molecule has 0 bridgehead atoms. The highest BCUT2D eigenvalue weighted by atomic mass is 16.7. The molecule has 2 heterocycles. The van der Waals surface area contributed by atoms with Gasteiger partial charge in [-0.3, -0.25) is 0 Å². The lowest BCUT2D eigenvalue weighted by Crippen LogP contribution is -2.59. The molecule has 0 unspecified atom stereocenters. The quantitative estimate of drug-likeness (QED) is 0.763. The van der Waals surface area contributed by atoms with Crippen molar-refractivity contribution < 1.29 is 19.7 Å². The van der Waals surface area contributed by atoms with E-state index in [0.29, 0.717) is 13.0 Å². The normalized spacial score (nSPS) is 54.0. The van der Waals surface area contributed by atoms with Crippen LogP contribution < -0.4 is 0 Å². The van der Waals surface area contributed by atoms with Crippen LogP contribution in [0, 0.1) is 11.3 Å². The molecule has 5 atom stereocenters. The minimum Gasteiger partial charge on any atom is -0.390 e. The fraction of sp³-hybridized carbons (Fsp3) is 1.00. The molecule has 110 valence electrons. The molecule has 4 nitrogen and oxygen atoms in total. The number of rotatable bonds is 1.